The van der Waals surface area contributed by atoms with E-state index in [1.54, 1.807) is 18.2 Å². The monoisotopic (exact) mass is 205 g/mol. The highest BCUT2D eigenvalue weighted by molar-refractivity contribution is 5.84. The Morgan fingerprint density at radius 3 is 2.80 bits per heavy atom. The van der Waals surface area contributed by atoms with Crippen molar-refractivity contribution in [3.8, 4) is 11.6 Å². The molecule has 15 heavy (non-hydrogen) atoms. The van der Waals surface area contributed by atoms with Gasteiger partial charge in [0.05, 0.1) is 0 Å². The van der Waals surface area contributed by atoms with E-state index < -0.39 is 6.16 Å². The van der Waals surface area contributed by atoms with Gasteiger partial charge in [-0.05, 0) is 12.1 Å². The molecule has 1 heterocycles. The zero-order chi connectivity index (χ0) is 10.8. The quantitative estimate of drug-likeness (QED) is 0.696. The fraction of sp³-hybridized carbons (Fsp3) is 0. The SMILES string of the molecule is O=C(O)Oc1ccc2cccc(O)c2n1. The van der Waals surface area contributed by atoms with Gasteiger partial charge >= 0.3 is 6.16 Å². The summed E-state index contributed by atoms with van der Waals surface area (Å²) in [7, 11) is 0. The molecule has 2 N–H and O–H groups in total. The van der Waals surface area contributed by atoms with Crippen molar-refractivity contribution in [3.63, 3.8) is 0 Å². The number of pyridine rings is 1. The number of carboxylic acid groups (broad SMARTS) is 1. The molecular weight excluding hydrogens is 198 g/mol. The molecule has 5 heteroatoms. The van der Waals surface area contributed by atoms with Gasteiger partial charge in [0.2, 0.25) is 5.88 Å². The van der Waals surface area contributed by atoms with Crippen molar-refractivity contribution in [3.05, 3.63) is 30.3 Å². The molecule has 2 aromatic rings. The van der Waals surface area contributed by atoms with Gasteiger partial charge in [-0.2, -0.15) is 0 Å². The van der Waals surface area contributed by atoms with Crippen molar-refractivity contribution in [2.24, 2.45) is 0 Å². The van der Waals surface area contributed by atoms with Crippen LogP contribution in [0.1, 0.15) is 0 Å². The minimum Gasteiger partial charge on any atom is -0.506 e. The molecule has 0 spiro atoms. The number of aromatic nitrogens is 1. The summed E-state index contributed by atoms with van der Waals surface area (Å²) >= 11 is 0. The van der Waals surface area contributed by atoms with Gasteiger partial charge in [-0.25, -0.2) is 9.78 Å². The number of nitrogens with zero attached hydrogens (tertiary/aromatic N) is 1. The molecule has 0 saturated carbocycles. The lowest BCUT2D eigenvalue weighted by Gasteiger charge is -2.02. The Morgan fingerprint density at radius 2 is 2.07 bits per heavy atom. The highest BCUT2D eigenvalue weighted by Gasteiger charge is 2.05. The lowest BCUT2D eigenvalue weighted by molar-refractivity contribution is 0.142. The highest BCUT2D eigenvalue weighted by Crippen LogP contribution is 2.24. The lowest BCUT2D eigenvalue weighted by atomic mass is 10.2. The predicted octanol–water partition coefficient (Wildman–Crippen LogP) is 2.00. The van der Waals surface area contributed by atoms with Crippen LogP contribution in [0, 0.1) is 0 Å². The Bertz CT molecular complexity index is 524. The summed E-state index contributed by atoms with van der Waals surface area (Å²) in [5, 5.41) is 18.6. The number of phenols is 1. The van der Waals surface area contributed by atoms with Gasteiger partial charge in [0, 0.05) is 11.5 Å². The van der Waals surface area contributed by atoms with E-state index in [4.69, 9.17) is 5.11 Å². The molecule has 0 atom stereocenters. The molecule has 1 aromatic carbocycles. The average Bonchev–Trinajstić information content (AvgIpc) is 2.18. The number of carbonyl (C=O) groups is 1. The Balaban J connectivity index is 2.54. The average molecular weight is 205 g/mol. The maximum Gasteiger partial charge on any atom is 0.512 e. The molecule has 0 saturated heterocycles. The van der Waals surface area contributed by atoms with E-state index in [-0.39, 0.29) is 11.6 Å². The second-order valence-electron chi connectivity index (χ2n) is 2.87. The number of hydrogen-bond donors (Lipinski definition) is 2. The van der Waals surface area contributed by atoms with Gasteiger partial charge in [-0.15, -0.1) is 0 Å². The first-order chi connectivity index (χ1) is 7.16. The Morgan fingerprint density at radius 1 is 1.27 bits per heavy atom. The van der Waals surface area contributed by atoms with E-state index in [1.165, 1.54) is 12.1 Å². The Kier molecular flexibility index (Phi) is 2.13. The van der Waals surface area contributed by atoms with Crippen LogP contribution in [0.4, 0.5) is 4.79 Å². The summed E-state index contributed by atoms with van der Waals surface area (Å²) in [6.45, 7) is 0. The van der Waals surface area contributed by atoms with Crippen molar-refractivity contribution in [2.75, 3.05) is 0 Å². The molecule has 1 aromatic heterocycles. The summed E-state index contributed by atoms with van der Waals surface area (Å²) in [4.78, 5) is 14.1. The smallest absolute Gasteiger partial charge is 0.506 e. The molecule has 0 amide bonds. The number of fused-ring (bicyclic) bond motifs is 1. The van der Waals surface area contributed by atoms with Crippen molar-refractivity contribution >= 4 is 17.1 Å². The van der Waals surface area contributed by atoms with Gasteiger partial charge in [-0.3, -0.25) is 0 Å². The van der Waals surface area contributed by atoms with E-state index in [0.717, 1.165) is 0 Å². The van der Waals surface area contributed by atoms with E-state index >= 15 is 0 Å². The third-order valence-electron chi connectivity index (χ3n) is 1.87. The number of rotatable bonds is 1. The molecular formula is C10H7NO4. The van der Waals surface area contributed by atoms with Crippen LogP contribution in [-0.4, -0.2) is 21.4 Å². The summed E-state index contributed by atoms with van der Waals surface area (Å²) in [5.41, 5.74) is 0.316. The van der Waals surface area contributed by atoms with E-state index in [1.807, 2.05) is 0 Å². The van der Waals surface area contributed by atoms with Crippen molar-refractivity contribution in [1.29, 1.82) is 0 Å². The first-order valence-electron chi connectivity index (χ1n) is 4.16. The van der Waals surface area contributed by atoms with Crippen LogP contribution in [0.25, 0.3) is 10.9 Å². The van der Waals surface area contributed by atoms with Gasteiger partial charge < -0.3 is 14.9 Å². The van der Waals surface area contributed by atoms with Gasteiger partial charge in [0.15, 0.2) is 0 Å². The predicted molar refractivity (Wildman–Crippen MR) is 52.1 cm³/mol. The van der Waals surface area contributed by atoms with Gasteiger partial charge in [0.1, 0.15) is 11.3 Å². The number of para-hydroxylation sites is 1. The summed E-state index contributed by atoms with van der Waals surface area (Å²) in [6.07, 6.45) is -1.43. The van der Waals surface area contributed by atoms with E-state index in [2.05, 4.69) is 9.72 Å². The molecule has 0 fully saturated rings. The van der Waals surface area contributed by atoms with Crippen molar-refractivity contribution in [2.45, 2.75) is 0 Å². The molecule has 0 unspecified atom stereocenters. The van der Waals surface area contributed by atoms with E-state index in [9.17, 15) is 9.90 Å². The number of ether oxygens (including phenoxy) is 1. The zero-order valence-electron chi connectivity index (χ0n) is 7.54. The Labute approximate surface area is 84.6 Å². The number of benzene rings is 1. The van der Waals surface area contributed by atoms with Crippen LogP contribution in [-0.2, 0) is 0 Å². The second kappa shape index (κ2) is 3.45. The van der Waals surface area contributed by atoms with Crippen LogP contribution in [0.5, 0.6) is 11.6 Å². The fourth-order valence-corrected chi connectivity index (χ4v) is 1.26. The summed E-state index contributed by atoms with van der Waals surface area (Å²) < 4.78 is 4.37. The minimum absolute atomic E-state index is 0.0108. The molecule has 0 radical (unpaired) electrons. The summed E-state index contributed by atoms with van der Waals surface area (Å²) in [6, 6.07) is 7.96. The molecule has 2 rings (SSSR count). The number of hydrogen-bond acceptors (Lipinski definition) is 4. The van der Waals surface area contributed by atoms with Gasteiger partial charge in [0.25, 0.3) is 0 Å². The third kappa shape index (κ3) is 1.80. The first kappa shape index (κ1) is 9.26. The molecule has 5 nitrogen and oxygen atoms in total. The lowest BCUT2D eigenvalue weighted by Crippen LogP contribution is -2.04. The molecule has 0 aliphatic heterocycles. The highest BCUT2D eigenvalue weighted by atomic mass is 16.7. The second-order valence-corrected chi connectivity index (χ2v) is 2.87. The molecule has 0 bridgehead atoms. The molecule has 0 aliphatic carbocycles. The maximum atomic E-state index is 10.3. The molecule has 76 valence electrons. The largest absolute Gasteiger partial charge is 0.512 e. The summed E-state index contributed by atoms with van der Waals surface area (Å²) in [5.74, 6) is -0.0696. The third-order valence-corrected chi connectivity index (χ3v) is 1.87. The fourth-order valence-electron chi connectivity index (χ4n) is 1.26. The maximum absolute atomic E-state index is 10.3. The van der Waals surface area contributed by atoms with Crippen LogP contribution in [0.15, 0.2) is 30.3 Å². The number of aromatic hydroxyl groups is 1. The number of phenolic OH excluding ortho intramolecular Hbond substituents is 1. The van der Waals surface area contributed by atoms with E-state index in [0.29, 0.717) is 10.9 Å². The normalized spacial score (nSPS) is 10.1. The van der Waals surface area contributed by atoms with Crippen LogP contribution in [0.3, 0.4) is 0 Å². The topological polar surface area (TPSA) is 79.7 Å². The van der Waals surface area contributed by atoms with Gasteiger partial charge in [-0.1, -0.05) is 12.1 Å². The standard InChI is InChI=1S/C10H7NO4/c12-7-3-1-2-6-4-5-8(11-9(6)7)15-10(13)14/h1-5,12H,(H,13,14). The Hall–Kier alpha value is -2.30. The minimum atomic E-state index is -1.43. The first-order valence-corrected chi connectivity index (χ1v) is 4.16. The van der Waals surface area contributed by atoms with Crippen LogP contribution in [0.2, 0.25) is 0 Å². The van der Waals surface area contributed by atoms with Crippen molar-refractivity contribution in [1.82, 2.24) is 4.98 Å². The van der Waals surface area contributed by atoms with Crippen LogP contribution < -0.4 is 4.74 Å². The molecule has 0 aliphatic rings. The van der Waals surface area contributed by atoms with Crippen molar-refractivity contribution < 1.29 is 19.7 Å². The zero-order valence-corrected chi connectivity index (χ0v) is 7.54. The van der Waals surface area contributed by atoms with Crippen LogP contribution >= 0.6 is 0 Å².